The summed E-state index contributed by atoms with van der Waals surface area (Å²) in [6, 6.07) is 0. The molecule has 0 bridgehead atoms. The van der Waals surface area contributed by atoms with Crippen molar-refractivity contribution in [3.8, 4) is 0 Å². The Morgan fingerprint density at radius 2 is 2.00 bits per heavy atom. The van der Waals surface area contributed by atoms with Gasteiger partial charge in [0, 0.05) is 18.8 Å². The standard InChI is InChI=1S/C20H32O6/c1-2-3-6-9-15(21)12-13-18-16(17(22)14-20(25)26-18)10-7-4-5-8-11-19(23)24/h3-4,6-7,12-13,15-18,20-22,25H,2,5,8-11,14H2,1H3,(H,23,24)/b6-3+,7-4+,13-12?/t15-,16-,17-,18+,20-/m0/s1. The van der Waals surface area contributed by atoms with Crippen LogP contribution in [0.5, 0.6) is 0 Å². The van der Waals surface area contributed by atoms with Gasteiger partial charge in [-0.3, -0.25) is 4.79 Å². The van der Waals surface area contributed by atoms with Crippen LogP contribution in [0.3, 0.4) is 0 Å². The Labute approximate surface area is 155 Å². The van der Waals surface area contributed by atoms with Crippen LogP contribution in [0, 0.1) is 5.92 Å². The lowest BCUT2D eigenvalue weighted by atomic mass is 9.87. The van der Waals surface area contributed by atoms with Crippen LogP contribution in [-0.4, -0.2) is 51.0 Å². The lowest BCUT2D eigenvalue weighted by Crippen LogP contribution is -2.43. The maximum atomic E-state index is 10.5. The summed E-state index contributed by atoms with van der Waals surface area (Å²) in [5.74, 6) is -1.02. The van der Waals surface area contributed by atoms with E-state index in [0.29, 0.717) is 25.7 Å². The van der Waals surface area contributed by atoms with Gasteiger partial charge in [0.25, 0.3) is 0 Å². The molecule has 1 rings (SSSR count). The van der Waals surface area contributed by atoms with E-state index in [9.17, 15) is 20.1 Å². The molecule has 5 atom stereocenters. The summed E-state index contributed by atoms with van der Waals surface area (Å²) in [6.07, 6.45) is 11.8. The number of unbranched alkanes of at least 4 members (excludes halogenated alkanes) is 1. The Morgan fingerprint density at radius 1 is 1.23 bits per heavy atom. The number of aliphatic carboxylic acids is 1. The molecule has 6 heteroatoms. The number of carbonyl (C=O) groups is 1. The largest absolute Gasteiger partial charge is 0.481 e. The summed E-state index contributed by atoms with van der Waals surface area (Å²) in [5, 5.41) is 38.6. The third kappa shape index (κ3) is 9.29. The number of ether oxygens (including phenoxy) is 1. The number of carboxylic acids is 1. The third-order valence-electron chi connectivity index (χ3n) is 4.31. The van der Waals surface area contributed by atoms with E-state index in [1.165, 1.54) is 0 Å². The Kier molecular flexibility index (Phi) is 11.1. The third-order valence-corrected chi connectivity index (χ3v) is 4.31. The average Bonchev–Trinajstić information content (AvgIpc) is 2.57. The fraction of sp³-hybridized carbons (Fsp3) is 0.650. The molecule has 0 saturated carbocycles. The van der Waals surface area contributed by atoms with Crippen LogP contribution >= 0.6 is 0 Å². The smallest absolute Gasteiger partial charge is 0.303 e. The molecule has 1 saturated heterocycles. The van der Waals surface area contributed by atoms with Gasteiger partial charge < -0.3 is 25.2 Å². The van der Waals surface area contributed by atoms with Gasteiger partial charge in [-0.2, -0.15) is 0 Å². The second-order valence-electron chi connectivity index (χ2n) is 6.58. The predicted octanol–water partition coefficient (Wildman–Crippen LogP) is 2.55. The Balaban J connectivity index is 2.56. The molecule has 0 aromatic heterocycles. The zero-order chi connectivity index (χ0) is 19.4. The second-order valence-corrected chi connectivity index (χ2v) is 6.58. The highest BCUT2D eigenvalue weighted by Gasteiger charge is 2.35. The minimum absolute atomic E-state index is 0.140. The summed E-state index contributed by atoms with van der Waals surface area (Å²) in [5.41, 5.74) is 0. The molecular weight excluding hydrogens is 336 g/mol. The summed E-state index contributed by atoms with van der Waals surface area (Å²) in [6.45, 7) is 2.02. The minimum Gasteiger partial charge on any atom is -0.481 e. The van der Waals surface area contributed by atoms with Gasteiger partial charge in [0.15, 0.2) is 6.29 Å². The van der Waals surface area contributed by atoms with Gasteiger partial charge in [0.05, 0.1) is 18.3 Å². The van der Waals surface area contributed by atoms with Crippen molar-refractivity contribution in [1.29, 1.82) is 0 Å². The molecule has 0 aromatic carbocycles. The number of carboxylic acid groups (broad SMARTS) is 1. The quantitative estimate of drug-likeness (QED) is 0.330. The SMILES string of the molecule is CC/C=C/C[C@H](O)C=C[C@H]1O[C@H](O)C[C@H](O)[C@@H]1C/C=C/CCCC(=O)O. The first-order chi connectivity index (χ1) is 12.4. The highest BCUT2D eigenvalue weighted by Crippen LogP contribution is 2.29. The van der Waals surface area contributed by atoms with E-state index < -0.39 is 30.6 Å². The minimum atomic E-state index is -1.02. The Hall–Kier alpha value is -1.47. The molecule has 0 amide bonds. The average molecular weight is 368 g/mol. The van der Waals surface area contributed by atoms with E-state index >= 15 is 0 Å². The zero-order valence-electron chi connectivity index (χ0n) is 15.4. The van der Waals surface area contributed by atoms with Gasteiger partial charge in [0.2, 0.25) is 0 Å². The van der Waals surface area contributed by atoms with Crippen molar-refractivity contribution >= 4 is 5.97 Å². The Bertz CT molecular complexity index is 485. The molecule has 0 radical (unpaired) electrons. The molecular formula is C20H32O6. The van der Waals surface area contributed by atoms with Crippen LogP contribution in [0.4, 0.5) is 0 Å². The molecule has 1 heterocycles. The van der Waals surface area contributed by atoms with Crippen LogP contribution < -0.4 is 0 Å². The first-order valence-corrected chi connectivity index (χ1v) is 9.33. The van der Waals surface area contributed by atoms with E-state index in [-0.39, 0.29) is 18.8 Å². The lowest BCUT2D eigenvalue weighted by molar-refractivity contribution is -0.199. The van der Waals surface area contributed by atoms with Crippen LogP contribution in [0.15, 0.2) is 36.5 Å². The molecule has 148 valence electrons. The maximum Gasteiger partial charge on any atom is 0.303 e. The summed E-state index contributed by atoms with van der Waals surface area (Å²) in [7, 11) is 0. The molecule has 1 aliphatic rings. The molecule has 26 heavy (non-hydrogen) atoms. The fourth-order valence-electron chi connectivity index (χ4n) is 2.88. The van der Waals surface area contributed by atoms with Crippen molar-refractivity contribution in [2.75, 3.05) is 0 Å². The van der Waals surface area contributed by atoms with E-state index in [1.54, 1.807) is 12.2 Å². The van der Waals surface area contributed by atoms with Gasteiger partial charge in [-0.05, 0) is 32.1 Å². The van der Waals surface area contributed by atoms with Gasteiger partial charge >= 0.3 is 5.97 Å². The van der Waals surface area contributed by atoms with E-state index in [4.69, 9.17) is 9.84 Å². The first kappa shape index (κ1) is 22.6. The molecule has 6 nitrogen and oxygen atoms in total. The molecule has 1 fully saturated rings. The van der Waals surface area contributed by atoms with Crippen molar-refractivity contribution in [1.82, 2.24) is 0 Å². The van der Waals surface area contributed by atoms with Gasteiger partial charge in [-0.25, -0.2) is 0 Å². The number of aliphatic hydroxyl groups is 3. The predicted molar refractivity (Wildman–Crippen MR) is 99.4 cm³/mol. The molecule has 1 aliphatic heterocycles. The molecule has 0 aliphatic carbocycles. The van der Waals surface area contributed by atoms with Gasteiger partial charge in [0.1, 0.15) is 0 Å². The number of hydrogen-bond acceptors (Lipinski definition) is 5. The van der Waals surface area contributed by atoms with Gasteiger partial charge in [-0.1, -0.05) is 43.4 Å². The lowest BCUT2D eigenvalue weighted by Gasteiger charge is -2.36. The number of allylic oxidation sites excluding steroid dienone is 3. The molecule has 4 N–H and O–H groups in total. The summed E-state index contributed by atoms with van der Waals surface area (Å²) in [4.78, 5) is 10.5. The van der Waals surface area contributed by atoms with E-state index in [1.807, 2.05) is 31.2 Å². The van der Waals surface area contributed by atoms with Crippen molar-refractivity contribution < 1.29 is 30.0 Å². The highest BCUT2D eigenvalue weighted by atomic mass is 16.6. The molecule has 0 unspecified atom stereocenters. The van der Waals surface area contributed by atoms with Crippen LogP contribution in [0.25, 0.3) is 0 Å². The van der Waals surface area contributed by atoms with Crippen LogP contribution in [0.2, 0.25) is 0 Å². The summed E-state index contributed by atoms with van der Waals surface area (Å²) < 4.78 is 5.52. The first-order valence-electron chi connectivity index (χ1n) is 9.33. The van der Waals surface area contributed by atoms with Crippen molar-refractivity contribution in [3.63, 3.8) is 0 Å². The van der Waals surface area contributed by atoms with E-state index in [0.717, 1.165) is 6.42 Å². The normalized spacial score (nSPS) is 28.3. The van der Waals surface area contributed by atoms with E-state index in [2.05, 4.69) is 0 Å². The fourth-order valence-corrected chi connectivity index (χ4v) is 2.88. The maximum absolute atomic E-state index is 10.5. The number of rotatable bonds is 11. The Morgan fingerprint density at radius 3 is 2.69 bits per heavy atom. The number of aliphatic hydroxyl groups excluding tert-OH is 3. The van der Waals surface area contributed by atoms with Gasteiger partial charge in [-0.15, -0.1) is 0 Å². The molecule has 0 aromatic rings. The topological polar surface area (TPSA) is 107 Å². The van der Waals surface area contributed by atoms with Crippen LogP contribution in [-0.2, 0) is 9.53 Å². The van der Waals surface area contributed by atoms with Crippen molar-refractivity contribution in [2.45, 2.75) is 76.5 Å². The number of hydrogen-bond donors (Lipinski definition) is 4. The highest BCUT2D eigenvalue weighted by molar-refractivity contribution is 5.66. The summed E-state index contributed by atoms with van der Waals surface area (Å²) >= 11 is 0. The second kappa shape index (κ2) is 12.8. The monoisotopic (exact) mass is 368 g/mol. The van der Waals surface area contributed by atoms with Crippen molar-refractivity contribution in [3.05, 3.63) is 36.5 Å². The zero-order valence-corrected chi connectivity index (χ0v) is 15.4. The van der Waals surface area contributed by atoms with Crippen LogP contribution in [0.1, 0.15) is 51.9 Å². The van der Waals surface area contributed by atoms with Crippen molar-refractivity contribution in [2.24, 2.45) is 5.92 Å². The molecule has 0 spiro atoms.